The Morgan fingerprint density at radius 3 is 2.17 bits per heavy atom. The van der Waals surface area contributed by atoms with Crippen molar-refractivity contribution in [1.29, 1.82) is 0 Å². The summed E-state index contributed by atoms with van der Waals surface area (Å²) in [5.41, 5.74) is 0.741. The molecule has 0 saturated heterocycles. The van der Waals surface area contributed by atoms with Gasteiger partial charge in [0, 0.05) is 11.8 Å². The van der Waals surface area contributed by atoms with E-state index in [1.54, 1.807) is 6.07 Å². The summed E-state index contributed by atoms with van der Waals surface area (Å²) < 4.78 is 38.0. The largest absolute Gasteiger partial charge is 0.416 e. The molecule has 18 heavy (non-hydrogen) atoms. The Labute approximate surface area is 120 Å². The van der Waals surface area contributed by atoms with Crippen LogP contribution in [0.4, 0.5) is 13.2 Å². The van der Waals surface area contributed by atoms with E-state index < -0.39 is 11.7 Å². The van der Waals surface area contributed by atoms with Gasteiger partial charge in [0.25, 0.3) is 0 Å². The van der Waals surface area contributed by atoms with Crippen LogP contribution in [0.2, 0.25) is 5.15 Å². The van der Waals surface area contributed by atoms with Gasteiger partial charge < -0.3 is 0 Å². The summed E-state index contributed by atoms with van der Waals surface area (Å²) in [6, 6.07) is 6.72. The van der Waals surface area contributed by atoms with Crippen molar-refractivity contribution in [3.8, 4) is 11.1 Å². The lowest BCUT2D eigenvalue weighted by Gasteiger charge is -2.08. The molecule has 0 atom stereocenters. The predicted molar refractivity (Wildman–Crippen MR) is 72.4 cm³/mol. The molecule has 0 aliphatic heterocycles. The van der Waals surface area contributed by atoms with E-state index in [9.17, 15) is 13.2 Å². The van der Waals surface area contributed by atoms with Crippen molar-refractivity contribution >= 4 is 34.2 Å². The minimum absolute atomic E-state index is 0.381. The van der Waals surface area contributed by atoms with Crippen molar-refractivity contribution < 1.29 is 13.2 Å². The molecule has 2 aromatic rings. The van der Waals surface area contributed by atoms with Crippen LogP contribution < -0.4 is 0 Å². The third kappa shape index (κ3) is 2.95. The van der Waals surface area contributed by atoms with Gasteiger partial charge >= 0.3 is 6.18 Å². The van der Waals surface area contributed by atoms with E-state index in [2.05, 4.69) is 4.98 Å². The van der Waals surface area contributed by atoms with Crippen LogP contribution in [0.25, 0.3) is 11.1 Å². The molecule has 0 N–H and O–H groups in total. The van der Waals surface area contributed by atoms with Crippen LogP contribution in [0, 0.1) is 3.57 Å². The molecule has 2 rings (SSSR count). The van der Waals surface area contributed by atoms with Gasteiger partial charge in [-0.3, -0.25) is 0 Å². The number of pyridine rings is 1. The minimum Gasteiger partial charge on any atom is -0.243 e. The van der Waals surface area contributed by atoms with Gasteiger partial charge in [0.05, 0.1) is 9.13 Å². The maximum absolute atomic E-state index is 12.4. The van der Waals surface area contributed by atoms with Crippen LogP contribution >= 0.6 is 34.2 Å². The molecule has 1 aromatic carbocycles. The highest BCUT2D eigenvalue weighted by Crippen LogP contribution is 2.31. The van der Waals surface area contributed by atoms with E-state index in [0.29, 0.717) is 10.7 Å². The van der Waals surface area contributed by atoms with Crippen molar-refractivity contribution in [3.05, 3.63) is 50.8 Å². The Bertz CT molecular complexity index is 567. The van der Waals surface area contributed by atoms with Crippen molar-refractivity contribution in [3.63, 3.8) is 0 Å². The third-order valence-electron chi connectivity index (χ3n) is 2.34. The molecular weight excluding hydrogens is 377 g/mol. The standard InChI is InChI=1S/C12H6ClF3IN/c13-11-10(17)5-8(6-18-11)7-1-3-9(4-2-7)12(14,15)16/h1-6H. The zero-order valence-electron chi connectivity index (χ0n) is 8.80. The van der Waals surface area contributed by atoms with Crippen molar-refractivity contribution in [1.82, 2.24) is 4.98 Å². The van der Waals surface area contributed by atoms with Crippen molar-refractivity contribution in [2.45, 2.75) is 6.18 Å². The molecule has 0 unspecified atom stereocenters. The summed E-state index contributed by atoms with van der Waals surface area (Å²) in [5.74, 6) is 0. The molecule has 0 aliphatic rings. The van der Waals surface area contributed by atoms with Crippen molar-refractivity contribution in [2.24, 2.45) is 0 Å². The van der Waals surface area contributed by atoms with E-state index in [0.717, 1.165) is 21.3 Å². The molecule has 0 aliphatic carbocycles. The smallest absolute Gasteiger partial charge is 0.243 e. The summed E-state index contributed by atoms with van der Waals surface area (Å²) in [6.07, 6.45) is -2.78. The lowest BCUT2D eigenvalue weighted by Crippen LogP contribution is -2.04. The molecule has 0 fully saturated rings. The van der Waals surface area contributed by atoms with Gasteiger partial charge in [-0.05, 0) is 46.4 Å². The molecule has 0 saturated carbocycles. The van der Waals surface area contributed by atoms with E-state index in [4.69, 9.17) is 11.6 Å². The second-order valence-corrected chi connectivity index (χ2v) is 5.09. The second kappa shape index (κ2) is 5.05. The fraction of sp³-hybridized carbons (Fsp3) is 0.0833. The molecule has 0 spiro atoms. The summed E-state index contributed by atoms with van der Waals surface area (Å²) in [4.78, 5) is 3.96. The number of aromatic nitrogens is 1. The van der Waals surface area contributed by atoms with E-state index in [1.165, 1.54) is 18.3 Å². The fourth-order valence-electron chi connectivity index (χ4n) is 1.43. The van der Waals surface area contributed by atoms with Gasteiger partial charge in [0.15, 0.2) is 0 Å². The van der Waals surface area contributed by atoms with Gasteiger partial charge in [-0.15, -0.1) is 0 Å². The maximum atomic E-state index is 12.4. The second-order valence-electron chi connectivity index (χ2n) is 3.57. The number of alkyl halides is 3. The number of benzene rings is 1. The SMILES string of the molecule is FC(F)(F)c1ccc(-c2cnc(Cl)c(I)c2)cc1. The van der Waals surface area contributed by atoms with Crippen LogP contribution in [0.1, 0.15) is 5.56 Å². The monoisotopic (exact) mass is 383 g/mol. The van der Waals surface area contributed by atoms with Crippen LogP contribution in [0.15, 0.2) is 36.5 Å². The zero-order valence-corrected chi connectivity index (χ0v) is 11.7. The number of hydrogen-bond acceptors (Lipinski definition) is 1. The van der Waals surface area contributed by atoms with Gasteiger partial charge in [-0.2, -0.15) is 13.2 Å². The van der Waals surface area contributed by atoms with Gasteiger partial charge in [0.2, 0.25) is 0 Å². The average molecular weight is 384 g/mol. The molecule has 0 amide bonds. The van der Waals surface area contributed by atoms with Crippen LogP contribution in [0.3, 0.4) is 0 Å². The van der Waals surface area contributed by atoms with Gasteiger partial charge in [-0.25, -0.2) is 4.98 Å². The third-order valence-corrected chi connectivity index (χ3v) is 3.78. The molecule has 1 aromatic heterocycles. The number of rotatable bonds is 1. The summed E-state index contributed by atoms with van der Waals surface area (Å²) >= 11 is 7.81. The highest BCUT2D eigenvalue weighted by molar-refractivity contribution is 14.1. The van der Waals surface area contributed by atoms with Crippen LogP contribution in [0.5, 0.6) is 0 Å². The predicted octanol–water partition coefficient (Wildman–Crippen LogP) is 5.03. The molecular formula is C12H6ClF3IN. The Kier molecular flexibility index (Phi) is 3.82. The number of halogens is 5. The Balaban J connectivity index is 2.37. The minimum atomic E-state index is -4.31. The summed E-state index contributed by atoms with van der Waals surface area (Å²) in [6.45, 7) is 0. The lowest BCUT2D eigenvalue weighted by molar-refractivity contribution is -0.137. The first-order valence-electron chi connectivity index (χ1n) is 4.86. The number of nitrogens with zero attached hydrogens (tertiary/aromatic N) is 1. The maximum Gasteiger partial charge on any atom is 0.416 e. The Morgan fingerprint density at radius 1 is 1.06 bits per heavy atom. The average Bonchev–Trinajstić information content (AvgIpc) is 2.32. The first-order valence-corrected chi connectivity index (χ1v) is 6.32. The first-order chi connectivity index (χ1) is 8.38. The zero-order chi connectivity index (χ0) is 13.3. The quantitative estimate of drug-likeness (QED) is 0.497. The van der Waals surface area contributed by atoms with Gasteiger partial charge in [-0.1, -0.05) is 23.7 Å². The van der Waals surface area contributed by atoms with Crippen LogP contribution in [-0.4, -0.2) is 4.98 Å². The Hall–Kier alpha value is -0.820. The Morgan fingerprint density at radius 2 is 1.67 bits per heavy atom. The van der Waals surface area contributed by atoms with Gasteiger partial charge in [0.1, 0.15) is 5.15 Å². The van der Waals surface area contributed by atoms with Crippen molar-refractivity contribution in [2.75, 3.05) is 0 Å². The molecule has 6 heteroatoms. The molecule has 0 bridgehead atoms. The molecule has 94 valence electrons. The molecule has 1 heterocycles. The summed E-state index contributed by atoms with van der Waals surface area (Å²) in [7, 11) is 0. The lowest BCUT2D eigenvalue weighted by atomic mass is 10.1. The van der Waals surface area contributed by atoms with E-state index in [-0.39, 0.29) is 0 Å². The van der Waals surface area contributed by atoms with E-state index in [1.807, 2.05) is 22.6 Å². The topological polar surface area (TPSA) is 12.9 Å². The molecule has 0 radical (unpaired) electrons. The highest BCUT2D eigenvalue weighted by Gasteiger charge is 2.29. The molecule has 1 nitrogen and oxygen atoms in total. The summed E-state index contributed by atoms with van der Waals surface area (Å²) in [5, 5.41) is 0.381. The van der Waals surface area contributed by atoms with Crippen LogP contribution in [-0.2, 0) is 6.18 Å². The highest BCUT2D eigenvalue weighted by atomic mass is 127. The van der Waals surface area contributed by atoms with E-state index >= 15 is 0 Å². The normalized spacial score (nSPS) is 11.6. The fourth-order valence-corrected chi connectivity index (χ4v) is 2.01. The first kappa shape index (κ1) is 13.6. The number of hydrogen-bond donors (Lipinski definition) is 0.